The minimum atomic E-state index is -1.57. The van der Waals surface area contributed by atoms with Crippen LogP contribution < -0.4 is 10.6 Å². The van der Waals surface area contributed by atoms with Crippen LogP contribution in [0.2, 0.25) is 0 Å². The third-order valence-corrected chi connectivity index (χ3v) is 5.61. The molecule has 0 saturated carbocycles. The summed E-state index contributed by atoms with van der Waals surface area (Å²) in [5.74, 6) is -2.27. The van der Waals surface area contributed by atoms with Gasteiger partial charge in [-0.1, -0.05) is 19.1 Å². The normalized spacial score (nSPS) is 13.8. The van der Waals surface area contributed by atoms with Crippen molar-refractivity contribution in [2.24, 2.45) is 5.73 Å². The first-order chi connectivity index (χ1) is 14.7. The number of rotatable bonds is 14. The fraction of sp³-hybridized carbons (Fsp3) is 0.571. The van der Waals surface area contributed by atoms with Gasteiger partial charge >= 0.3 is 11.9 Å². The fourth-order valence-corrected chi connectivity index (χ4v) is 4.08. The van der Waals surface area contributed by atoms with Crippen molar-refractivity contribution in [2.45, 2.75) is 44.7 Å². The number of carboxylic acid groups (broad SMARTS) is 2. The van der Waals surface area contributed by atoms with Crippen molar-refractivity contribution in [3.63, 3.8) is 0 Å². The number of carboxylic acids is 2. The fourth-order valence-electron chi connectivity index (χ4n) is 3.67. The summed E-state index contributed by atoms with van der Waals surface area (Å²) in [5, 5.41) is 19.1. The molecule has 0 unspecified atom stereocenters. The number of likely N-dealkylation sites (N-methyl/N-ethyl adjacent to an activating group) is 1. The quantitative estimate of drug-likeness (QED) is 0.352. The van der Waals surface area contributed by atoms with Crippen LogP contribution in [0.1, 0.15) is 32.3 Å². The van der Waals surface area contributed by atoms with Gasteiger partial charge < -0.3 is 25.7 Å². The molecule has 2 atom stereocenters. The van der Waals surface area contributed by atoms with E-state index in [2.05, 4.69) is 0 Å². The van der Waals surface area contributed by atoms with E-state index < -0.39 is 35.8 Å². The first kappa shape index (κ1) is 27.0. The number of carbonyl (C=O) groups is 3. The Labute approximate surface area is 192 Å². The monoisotopic (exact) mass is 475 g/mol. The summed E-state index contributed by atoms with van der Waals surface area (Å²) < 4.78 is 0. The van der Waals surface area contributed by atoms with Gasteiger partial charge in [-0.05, 0) is 31.0 Å². The molecule has 10 heteroatoms. The molecule has 0 aliphatic heterocycles. The van der Waals surface area contributed by atoms with Crippen LogP contribution in [-0.4, -0.2) is 75.9 Å². The lowest BCUT2D eigenvalue weighted by molar-refractivity contribution is -0.160. The number of halogens is 2. The molecule has 4 N–H and O–H groups in total. The maximum absolute atomic E-state index is 12.9. The Morgan fingerprint density at radius 2 is 1.74 bits per heavy atom. The Hall–Kier alpha value is -2.03. The number of nitrogens with zero attached hydrogens (tertiary/aromatic N) is 2. The Morgan fingerprint density at radius 1 is 1.13 bits per heavy atom. The molecule has 0 aliphatic carbocycles. The third kappa shape index (κ3) is 6.98. The van der Waals surface area contributed by atoms with Gasteiger partial charge in [-0.15, -0.1) is 23.2 Å². The highest BCUT2D eigenvalue weighted by molar-refractivity contribution is 6.18. The van der Waals surface area contributed by atoms with Gasteiger partial charge in [0.25, 0.3) is 0 Å². The number of nitrogens with two attached hydrogens (primary N) is 1. The summed E-state index contributed by atoms with van der Waals surface area (Å²) in [5.41, 5.74) is 5.78. The van der Waals surface area contributed by atoms with Crippen LogP contribution in [0.4, 0.5) is 5.69 Å². The Kier molecular flexibility index (Phi) is 11.1. The lowest BCUT2D eigenvalue weighted by Gasteiger charge is -2.41. The summed E-state index contributed by atoms with van der Waals surface area (Å²) in [4.78, 5) is 39.5. The van der Waals surface area contributed by atoms with Crippen LogP contribution >= 0.6 is 23.2 Å². The molecule has 0 fully saturated rings. The molecule has 1 amide bonds. The molecule has 0 aromatic heterocycles. The summed E-state index contributed by atoms with van der Waals surface area (Å²) in [6, 6.07) is 6.05. The zero-order chi connectivity index (χ0) is 23.6. The molecule has 0 bridgehead atoms. The molecule has 8 nitrogen and oxygen atoms in total. The van der Waals surface area contributed by atoms with Crippen molar-refractivity contribution in [3.8, 4) is 0 Å². The van der Waals surface area contributed by atoms with Crippen LogP contribution in [0.5, 0.6) is 0 Å². The van der Waals surface area contributed by atoms with E-state index in [1.807, 2.05) is 23.1 Å². The summed E-state index contributed by atoms with van der Waals surface area (Å²) in [6.07, 6.45) is -0.406. The Bertz CT molecular complexity index is 758. The van der Waals surface area contributed by atoms with Gasteiger partial charge in [0.05, 0.1) is 12.5 Å². The van der Waals surface area contributed by atoms with Crippen LogP contribution in [-0.2, 0) is 20.8 Å². The van der Waals surface area contributed by atoms with Crippen molar-refractivity contribution in [2.75, 3.05) is 36.3 Å². The van der Waals surface area contributed by atoms with E-state index in [1.54, 1.807) is 19.9 Å². The minimum absolute atomic E-state index is 0.0433. The van der Waals surface area contributed by atoms with Gasteiger partial charge in [0, 0.05) is 43.5 Å². The van der Waals surface area contributed by atoms with Gasteiger partial charge in [0.15, 0.2) is 0 Å². The van der Waals surface area contributed by atoms with Gasteiger partial charge in [0.1, 0.15) is 5.54 Å². The predicted octanol–water partition coefficient (Wildman–Crippen LogP) is 2.40. The maximum atomic E-state index is 12.9. The van der Waals surface area contributed by atoms with Crippen LogP contribution in [0.3, 0.4) is 0 Å². The number of alkyl halides is 2. The van der Waals surface area contributed by atoms with Crippen LogP contribution in [0.25, 0.3) is 0 Å². The molecule has 0 saturated heterocycles. The summed E-state index contributed by atoms with van der Waals surface area (Å²) in [7, 11) is 0. The average Bonchev–Trinajstić information content (AvgIpc) is 2.72. The van der Waals surface area contributed by atoms with Crippen molar-refractivity contribution in [1.29, 1.82) is 0 Å². The van der Waals surface area contributed by atoms with Crippen LogP contribution in [0, 0.1) is 0 Å². The van der Waals surface area contributed by atoms with E-state index in [4.69, 9.17) is 34.0 Å². The number of aliphatic carboxylic acids is 2. The molecule has 0 radical (unpaired) electrons. The number of hydrogen-bond acceptors (Lipinski definition) is 5. The van der Waals surface area contributed by atoms with Crippen molar-refractivity contribution in [3.05, 3.63) is 29.8 Å². The van der Waals surface area contributed by atoms with Crippen molar-refractivity contribution >= 4 is 46.7 Å². The highest BCUT2D eigenvalue weighted by Crippen LogP contribution is 2.28. The highest BCUT2D eigenvalue weighted by atomic mass is 35.5. The lowest BCUT2D eigenvalue weighted by atomic mass is 9.85. The van der Waals surface area contributed by atoms with E-state index in [-0.39, 0.29) is 19.4 Å². The first-order valence-corrected chi connectivity index (χ1v) is 11.2. The first-order valence-electron chi connectivity index (χ1n) is 10.1. The van der Waals surface area contributed by atoms with E-state index in [1.165, 1.54) is 4.90 Å². The largest absolute Gasteiger partial charge is 0.481 e. The van der Waals surface area contributed by atoms with E-state index in [0.29, 0.717) is 30.4 Å². The maximum Gasteiger partial charge on any atom is 0.329 e. The van der Waals surface area contributed by atoms with Gasteiger partial charge in [-0.2, -0.15) is 0 Å². The third-order valence-electron chi connectivity index (χ3n) is 5.27. The van der Waals surface area contributed by atoms with Crippen molar-refractivity contribution in [1.82, 2.24) is 4.90 Å². The lowest BCUT2D eigenvalue weighted by Crippen LogP contribution is -2.61. The molecular weight excluding hydrogens is 445 g/mol. The smallest absolute Gasteiger partial charge is 0.329 e. The van der Waals surface area contributed by atoms with Gasteiger partial charge in [0.2, 0.25) is 5.91 Å². The topological polar surface area (TPSA) is 124 Å². The Morgan fingerprint density at radius 3 is 2.19 bits per heavy atom. The van der Waals surface area contributed by atoms with Gasteiger partial charge in [-0.3, -0.25) is 9.59 Å². The second-order valence-electron chi connectivity index (χ2n) is 7.19. The highest BCUT2D eigenvalue weighted by Gasteiger charge is 2.46. The Balaban J connectivity index is 3.33. The number of carbonyl (C=O) groups excluding carboxylic acids is 1. The zero-order valence-corrected chi connectivity index (χ0v) is 19.4. The second kappa shape index (κ2) is 12.7. The average molecular weight is 476 g/mol. The number of anilines is 1. The number of hydrogen-bond donors (Lipinski definition) is 3. The molecule has 0 spiro atoms. The van der Waals surface area contributed by atoms with E-state index >= 15 is 0 Å². The van der Waals surface area contributed by atoms with Crippen molar-refractivity contribution < 1.29 is 24.6 Å². The summed E-state index contributed by atoms with van der Waals surface area (Å²) >= 11 is 11.8. The number of amides is 1. The van der Waals surface area contributed by atoms with Crippen LogP contribution in [0.15, 0.2) is 24.3 Å². The molecule has 31 heavy (non-hydrogen) atoms. The molecular formula is C21H31Cl2N3O5. The molecule has 174 valence electrons. The van der Waals surface area contributed by atoms with E-state index in [9.17, 15) is 19.5 Å². The summed E-state index contributed by atoms with van der Waals surface area (Å²) in [6.45, 7) is 4.58. The molecule has 1 rings (SSSR count). The predicted molar refractivity (Wildman–Crippen MR) is 122 cm³/mol. The second-order valence-corrected chi connectivity index (χ2v) is 7.94. The molecule has 0 heterocycles. The SMILES string of the molecule is CCN(C(=O)[C@@H](N)CC(=O)O)[C@@](CC)(Cc1cccc(N(CCCl)CCCl)c1)C(=O)O. The number of benzene rings is 1. The van der Waals surface area contributed by atoms with E-state index in [0.717, 1.165) is 5.69 Å². The van der Waals surface area contributed by atoms with Gasteiger partial charge in [-0.25, -0.2) is 4.79 Å². The zero-order valence-electron chi connectivity index (χ0n) is 17.9. The molecule has 0 aliphatic rings. The molecule has 1 aromatic rings. The molecule has 1 aromatic carbocycles. The standard InChI is InChI=1S/C21H31Cl2N3O5/c1-3-21(20(30)31,26(4-2)19(29)17(24)13-18(27)28)14-15-6-5-7-16(12-15)25(10-8-22)11-9-23/h5-7,12,17H,3-4,8-11,13-14,24H2,1-2H3,(H,27,28)(H,30,31)/t17-,21-/m0/s1. The minimum Gasteiger partial charge on any atom is -0.481 e.